The van der Waals surface area contributed by atoms with Crippen molar-refractivity contribution in [3.63, 3.8) is 0 Å². The second-order valence-corrected chi connectivity index (χ2v) is 4.24. The predicted molar refractivity (Wildman–Crippen MR) is 63.5 cm³/mol. The maximum Gasteiger partial charge on any atom is 0.0428 e. The van der Waals surface area contributed by atoms with Crippen LogP contribution in [0.4, 0.5) is 0 Å². The number of nitrogens with two attached hydrogens (primary N) is 1. The molecule has 0 bridgehead atoms. The summed E-state index contributed by atoms with van der Waals surface area (Å²) in [6, 6.07) is 10.5. The summed E-state index contributed by atoms with van der Waals surface area (Å²) in [5.41, 5.74) is 5.32. The fraction of sp³-hybridized carbons (Fsp3) is 0.455. The molecule has 0 saturated heterocycles. The predicted octanol–water partition coefficient (Wildman–Crippen LogP) is 2.06. The van der Waals surface area contributed by atoms with E-state index in [0.717, 1.165) is 6.54 Å². The Bertz CT molecular complexity index is 226. The van der Waals surface area contributed by atoms with E-state index in [0.29, 0.717) is 6.67 Å². The van der Waals surface area contributed by atoms with Crippen LogP contribution >= 0.6 is 11.8 Å². The van der Waals surface area contributed by atoms with Crippen LogP contribution in [0.3, 0.4) is 0 Å². The quantitative estimate of drug-likeness (QED) is 0.411. The van der Waals surface area contributed by atoms with Crippen molar-refractivity contribution in [1.82, 2.24) is 5.32 Å². The minimum absolute atomic E-state index is 0.589. The van der Waals surface area contributed by atoms with Crippen LogP contribution in [0.2, 0.25) is 0 Å². The van der Waals surface area contributed by atoms with Gasteiger partial charge in [0.2, 0.25) is 0 Å². The highest BCUT2D eigenvalue weighted by Crippen LogP contribution is 2.17. The highest BCUT2D eigenvalue weighted by molar-refractivity contribution is 7.99. The van der Waals surface area contributed by atoms with Gasteiger partial charge in [0.25, 0.3) is 0 Å². The Morgan fingerprint density at radius 3 is 2.64 bits per heavy atom. The van der Waals surface area contributed by atoms with Gasteiger partial charge in [-0.1, -0.05) is 18.2 Å². The third-order valence-corrected chi connectivity index (χ3v) is 3.00. The monoisotopic (exact) mass is 210 g/mol. The molecule has 1 aromatic carbocycles. The maximum absolute atomic E-state index is 5.32. The van der Waals surface area contributed by atoms with E-state index in [1.807, 2.05) is 11.8 Å². The van der Waals surface area contributed by atoms with E-state index in [9.17, 15) is 0 Å². The number of thioether (sulfide) groups is 1. The molecule has 0 heterocycles. The molecule has 3 heteroatoms. The van der Waals surface area contributed by atoms with Gasteiger partial charge < -0.3 is 11.1 Å². The second kappa shape index (κ2) is 7.85. The zero-order chi connectivity index (χ0) is 10.1. The number of nitrogens with one attached hydrogen (secondary N) is 1. The zero-order valence-corrected chi connectivity index (χ0v) is 9.22. The van der Waals surface area contributed by atoms with Crippen LogP contribution in [-0.2, 0) is 0 Å². The molecular formula is C11H18N2S. The van der Waals surface area contributed by atoms with Crippen molar-refractivity contribution >= 4 is 11.8 Å². The summed E-state index contributed by atoms with van der Waals surface area (Å²) in [7, 11) is 0. The molecule has 0 amide bonds. The first-order valence-corrected chi connectivity index (χ1v) is 6.00. The molecule has 0 fully saturated rings. The van der Waals surface area contributed by atoms with E-state index in [1.54, 1.807) is 0 Å². The van der Waals surface area contributed by atoms with Crippen molar-refractivity contribution in [2.24, 2.45) is 5.73 Å². The lowest BCUT2D eigenvalue weighted by atomic mass is 10.3. The number of hydrogen-bond acceptors (Lipinski definition) is 3. The van der Waals surface area contributed by atoms with Crippen LogP contribution in [0.1, 0.15) is 12.8 Å². The van der Waals surface area contributed by atoms with Crippen LogP contribution in [0.15, 0.2) is 35.2 Å². The normalized spacial score (nSPS) is 10.4. The van der Waals surface area contributed by atoms with Gasteiger partial charge in [0.15, 0.2) is 0 Å². The smallest absolute Gasteiger partial charge is 0.0428 e. The fourth-order valence-electron chi connectivity index (χ4n) is 1.16. The Morgan fingerprint density at radius 2 is 1.93 bits per heavy atom. The molecule has 0 spiro atoms. The second-order valence-electron chi connectivity index (χ2n) is 3.07. The molecule has 0 aromatic heterocycles. The van der Waals surface area contributed by atoms with E-state index < -0.39 is 0 Å². The summed E-state index contributed by atoms with van der Waals surface area (Å²) >= 11 is 1.92. The van der Waals surface area contributed by atoms with Crippen LogP contribution in [-0.4, -0.2) is 19.0 Å². The Balaban J connectivity index is 1.99. The van der Waals surface area contributed by atoms with Crippen molar-refractivity contribution in [3.8, 4) is 0 Å². The van der Waals surface area contributed by atoms with Gasteiger partial charge in [-0.2, -0.15) is 0 Å². The minimum atomic E-state index is 0.589. The summed E-state index contributed by atoms with van der Waals surface area (Å²) in [6.07, 6.45) is 2.45. The average molecular weight is 210 g/mol. The Kier molecular flexibility index (Phi) is 6.49. The highest BCUT2D eigenvalue weighted by Gasteiger charge is 1.92. The van der Waals surface area contributed by atoms with Gasteiger partial charge in [-0.15, -0.1) is 11.8 Å². The van der Waals surface area contributed by atoms with Gasteiger partial charge >= 0.3 is 0 Å². The molecule has 0 aliphatic heterocycles. The van der Waals surface area contributed by atoms with E-state index in [4.69, 9.17) is 5.73 Å². The third-order valence-electron chi connectivity index (χ3n) is 1.90. The molecule has 0 saturated carbocycles. The van der Waals surface area contributed by atoms with Gasteiger partial charge in [0.05, 0.1) is 0 Å². The molecule has 0 aliphatic carbocycles. The number of benzene rings is 1. The first-order chi connectivity index (χ1) is 6.93. The lowest BCUT2D eigenvalue weighted by Crippen LogP contribution is -2.23. The van der Waals surface area contributed by atoms with Gasteiger partial charge in [0.1, 0.15) is 0 Å². The molecule has 0 aliphatic rings. The lowest BCUT2D eigenvalue weighted by molar-refractivity contribution is 0.655. The summed E-state index contributed by atoms with van der Waals surface area (Å²) in [5, 5.41) is 3.12. The first kappa shape index (κ1) is 11.6. The largest absolute Gasteiger partial charge is 0.318 e. The number of unbranched alkanes of at least 4 members (excludes halogenated alkanes) is 1. The van der Waals surface area contributed by atoms with E-state index in [-0.39, 0.29) is 0 Å². The molecule has 0 radical (unpaired) electrons. The Hall–Kier alpha value is -0.510. The molecule has 0 unspecified atom stereocenters. The van der Waals surface area contributed by atoms with Gasteiger partial charge in [-0.05, 0) is 37.3 Å². The molecule has 1 aromatic rings. The van der Waals surface area contributed by atoms with Crippen molar-refractivity contribution in [2.75, 3.05) is 19.0 Å². The van der Waals surface area contributed by atoms with E-state index >= 15 is 0 Å². The molecule has 14 heavy (non-hydrogen) atoms. The third kappa shape index (κ3) is 5.27. The number of rotatable bonds is 7. The van der Waals surface area contributed by atoms with Crippen LogP contribution in [0.25, 0.3) is 0 Å². The molecular weight excluding hydrogens is 192 g/mol. The lowest BCUT2D eigenvalue weighted by Gasteiger charge is -2.02. The van der Waals surface area contributed by atoms with Gasteiger partial charge in [0, 0.05) is 11.6 Å². The average Bonchev–Trinajstić information content (AvgIpc) is 2.25. The summed E-state index contributed by atoms with van der Waals surface area (Å²) in [4.78, 5) is 1.36. The summed E-state index contributed by atoms with van der Waals surface area (Å²) in [6.45, 7) is 1.62. The Morgan fingerprint density at radius 1 is 1.14 bits per heavy atom. The molecule has 1 rings (SSSR count). The Labute approximate surface area is 90.3 Å². The van der Waals surface area contributed by atoms with Crippen LogP contribution < -0.4 is 11.1 Å². The van der Waals surface area contributed by atoms with Crippen molar-refractivity contribution in [3.05, 3.63) is 30.3 Å². The van der Waals surface area contributed by atoms with Crippen LogP contribution in [0, 0.1) is 0 Å². The molecule has 0 atom stereocenters. The van der Waals surface area contributed by atoms with E-state index in [1.165, 1.54) is 23.5 Å². The summed E-state index contributed by atoms with van der Waals surface area (Å²) < 4.78 is 0. The fourth-order valence-corrected chi connectivity index (χ4v) is 2.09. The first-order valence-electron chi connectivity index (χ1n) is 5.02. The SMILES string of the molecule is NCNCCCCSc1ccccc1. The minimum Gasteiger partial charge on any atom is -0.318 e. The topological polar surface area (TPSA) is 38.0 Å². The maximum atomic E-state index is 5.32. The van der Waals surface area contributed by atoms with Crippen LogP contribution in [0.5, 0.6) is 0 Å². The summed E-state index contributed by atoms with van der Waals surface area (Å²) in [5.74, 6) is 1.19. The van der Waals surface area contributed by atoms with Crippen molar-refractivity contribution in [1.29, 1.82) is 0 Å². The molecule has 3 N–H and O–H groups in total. The van der Waals surface area contributed by atoms with Crippen molar-refractivity contribution in [2.45, 2.75) is 17.7 Å². The van der Waals surface area contributed by atoms with Crippen molar-refractivity contribution < 1.29 is 0 Å². The van der Waals surface area contributed by atoms with E-state index in [2.05, 4.69) is 35.6 Å². The number of hydrogen-bond donors (Lipinski definition) is 2. The highest BCUT2D eigenvalue weighted by atomic mass is 32.2. The molecule has 2 nitrogen and oxygen atoms in total. The molecule has 78 valence electrons. The van der Waals surface area contributed by atoms with Gasteiger partial charge in [-0.25, -0.2) is 0 Å². The van der Waals surface area contributed by atoms with Gasteiger partial charge in [-0.3, -0.25) is 0 Å². The zero-order valence-electron chi connectivity index (χ0n) is 8.41. The standard InChI is InChI=1S/C11H18N2S/c12-10-13-8-4-5-9-14-11-6-2-1-3-7-11/h1-3,6-7,13H,4-5,8-10,12H2.